The molecule has 1 aromatic heterocycles. The van der Waals surface area contributed by atoms with Crippen molar-refractivity contribution in [1.82, 2.24) is 14.9 Å². The van der Waals surface area contributed by atoms with E-state index >= 15 is 0 Å². The summed E-state index contributed by atoms with van der Waals surface area (Å²) in [4.78, 5) is 25.0. The molecule has 3 rings (SSSR count). The number of aromatic nitrogens is 1. The molecule has 2 fully saturated rings. The molecule has 0 spiro atoms. The second kappa shape index (κ2) is 6.92. The first kappa shape index (κ1) is 18.1. The van der Waals surface area contributed by atoms with Gasteiger partial charge in [-0.3, -0.25) is 9.82 Å². The van der Waals surface area contributed by atoms with Crippen LogP contribution in [0, 0.1) is 5.92 Å². The van der Waals surface area contributed by atoms with Crippen LogP contribution in [0.3, 0.4) is 0 Å². The lowest BCUT2D eigenvalue weighted by atomic mass is 9.76. The number of carbonyl (C=O) groups is 1. The van der Waals surface area contributed by atoms with Crippen molar-refractivity contribution < 1.29 is 14.4 Å². The monoisotopic (exact) mass is 347 g/mol. The zero-order valence-electron chi connectivity index (χ0n) is 15.7. The number of nitrogens with zero attached hydrogens (tertiary/aromatic N) is 3. The molecule has 3 heterocycles. The molecule has 0 saturated carbocycles. The van der Waals surface area contributed by atoms with Crippen molar-refractivity contribution in [2.75, 3.05) is 26.7 Å². The van der Waals surface area contributed by atoms with Crippen molar-refractivity contribution in [3.63, 3.8) is 0 Å². The van der Waals surface area contributed by atoms with Gasteiger partial charge in [0.1, 0.15) is 11.2 Å². The van der Waals surface area contributed by atoms with Gasteiger partial charge in [0.05, 0.1) is 5.69 Å². The smallest absolute Gasteiger partial charge is 0.410 e. The highest BCUT2D eigenvalue weighted by Gasteiger charge is 2.49. The summed E-state index contributed by atoms with van der Waals surface area (Å²) in [5.74, 6) is 0.339. The first-order chi connectivity index (χ1) is 11.8. The third-order valence-corrected chi connectivity index (χ3v) is 5.02. The molecule has 2 saturated heterocycles. The van der Waals surface area contributed by atoms with Gasteiger partial charge in [0.2, 0.25) is 0 Å². The highest BCUT2D eigenvalue weighted by atomic mass is 16.7. The number of pyridine rings is 1. The van der Waals surface area contributed by atoms with Gasteiger partial charge in [-0.25, -0.2) is 4.79 Å². The van der Waals surface area contributed by atoms with Crippen molar-refractivity contribution in [1.29, 1.82) is 0 Å². The Morgan fingerprint density at radius 3 is 2.52 bits per heavy atom. The summed E-state index contributed by atoms with van der Waals surface area (Å²) < 4.78 is 5.50. The van der Waals surface area contributed by atoms with E-state index in [4.69, 9.17) is 9.57 Å². The predicted octanol–water partition coefficient (Wildman–Crippen LogP) is 3.19. The number of carbonyl (C=O) groups excluding carboxylic acids is 1. The van der Waals surface area contributed by atoms with E-state index in [9.17, 15) is 4.79 Å². The molecule has 0 radical (unpaired) electrons. The molecule has 0 N–H and O–H groups in total. The van der Waals surface area contributed by atoms with Gasteiger partial charge in [0.15, 0.2) is 0 Å². The second-order valence-electron chi connectivity index (χ2n) is 8.04. The summed E-state index contributed by atoms with van der Waals surface area (Å²) in [7, 11) is 1.97. The Kier molecular flexibility index (Phi) is 5.02. The van der Waals surface area contributed by atoms with Crippen LogP contribution in [0.15, 0.2) is 24.4 Å². The lowest BCUT2D eigenvalue weighted by Gasteiger charge is -2.41. The fraction of sp³-hybridized carbons (Fsp3) is 0.684. The molecule has 6 heteroatoms. The highest BCUT2D eigenvalue weighted by molar-refractivity contribution is 5.68. The number of hydroxylamine groups is 2. The van der Waals surface area contributed by atoms with E-state index in [0.29, 0.717) is 19.0 Å². The standard InChI is InChI=1S/C19H29N3O3/c1-18(2,3)24-17(23)22-12-8-15(9-13-22)19(10-14-21(4)25-19)16-7-5-6-11-20-16/h5-7,11,15H,8-10,12-14H2,1-4H3. The average molecular weight is 347 g/mol. The van der Waals surface area contributed by atoms with Crippen LogP contribution in [0.5, 0.6) is 0 Å². The van der Waals surface area contributed by atoms with Crippen molar-refractivity contribution >= 4 is 6.09 Å². The van der Waals surface area contributed by atoms with E-state index in [1.165, 1.54) is 0 Å². The van der Waals surface area contributed by atoms with Crippen LogP contribution in [0.25, 0.3) is 0 Å². The van der Waals surface area contributed by atoms with Crippen molar-refractivity contribution in [3.8, 4) is 0 Å². The van der Waals surface area contributed by atoms with E-state index in [-0.39, 0.29) is 11.7 Å². The molecule has 138 valence electrons. The third kappa shape index (κ3) is 3.96. The van der Waals surface area contributed by atoms with Crippen LogP contribution in [-0.2, 0) is 15.2 Å². The summed E-state index contributed by atoms with van der Waals surface area (Å²) in [6.45, 7) is 7.98. The Morgan fingerprint density at radius 2 is 2.00 bits per heavy atom. The third-order valence-electron chi connectivity index (χ3n) is 5.02. The van der Waals surface area contributed by atoms with Gasteiger partial charge < -0.3 is 9.64 Å². The quantitative estimate of drug-likeness (QED) is 0.822. The first-order valence-electron chi connectivity index (χ1n) is 9.10. The molecule has 0 aliphatic carbocycles. The van der Waals surface area contributed by atoms with E-state index in [2.05, 4.69) is 11.1 Å². The fourth-order valence-corrected chi connectivity index (χ4v) is 3.82. The number of likely N-dealkylation sites (tertiary alicyclic amines) is 1. The number of rotatable bonds is 2. The maximum absolute atomic E-state index is 12.3. The fourth-order valence-electron chi connectivity index (χ4n) is 3.82. The summed E-state index contributed by atoms with van der Waals surface area (Å²) in [5.41, 5.74) is 0.159. The lowest BCUT2D eigenvalue weighted by molar-refractivity contribution is -0.212. The molecule has 2 aliphatic heterocycles. The molecule has 1 aromatic rings. The lowest BCUT2D eigenvalue weighted by Crippen LogP contribution is -2.47. The highest BCUT2D eigenvalue weighted by Crippen LogP contribution is 2.45. The Bertz CT molecular complexity index is 594. The summed E-state index contributed by atoms with van der Waals surface area (Å²) in [6.07, 6.45) is 4.32. The Morgan fingerprint density at radius 1 is 1.28 bits per heavy atom. The van der Waals surface area contributed by atoms with Crippen LogP contribution in [-0.4, -0.2) is 53.3 Å². The molecule has 2 aliphatic rings. The number of amides is 1. The zero-order chi connectivity index (χ0) is 18.1. The van der Waals surface area contributed by atoms with Gasteiger partial charge in [-0.15, -0.1) is 0 Å². The molecule has 1 amide bonds. The molecule has 25 heavy (non-hydrogen) atoms. The molecule has 0 bridgehead atoms. The molecule has 6 nitrogen and oxygen atoms in total. The van der Waals surface area contributed by atoms with Crippen LogP contribution >= 0.6 is 0 Å². The van der Waals surface area contributed by atoms with Crippen LogP contribution in [0.1, 0.15) is 45.7 Å². The molecule has 1 unspecified atom stereocenters. The minimum Gasteiger partial charge on any atom is -0.444 e. The van der Waals surface area contributed by atoms with Gasteiger partial charge >= 0.3 is 6.09 Å². The van der Waals surface area contributed by atoms with Crippen molar-refractivity contribution in [2.45, 2.75) is 51.2 Å². The molecule has 0 aromatic carbocycles. The van der Waals surface area contributed by atoms with Gasteiger partial charge in [-0.2, -0.15) is 5.06 Å². The van der Waals surface area contributed by atoms with E-state index < -0.39 is 5.60 Å². The minimum absolute atomic E-state index is 0.220. The van der Waals surface area contributed by atoms with E-state index in [1.807, 2.05) is 56.1 Å². The van der Waals surface area contributed by atoms with Crippen LogP contribution < -0.4 is 0 Å². The van der Waals surface area contributed by atoms with Crippen molar-refractivity contribution in [3.05, 3.63) is 30.1 Å². The summed E-state index contributed by atoms with van der Waals surface area (Å²) in [6, 6.07) is 6.00. The molecular formula is C19H29N3O3. The number of ether oxygens (including phenoxy) is 1. The molecular weight excluding hydrogens is 318 g/mol. The maximum atomic E-state index is 12.3. The summed E-state index contributed by atoms with van der Waals surface area (Å²) >= 11 is 0. The van der Waals surface area contributed by atoms with Gasteiger partial charge in [0, 0.05) is 32.9 Å². The van der Waals surface area contributed by atoms with Crippen LogP contribution in [0.4, 0.5) is 4.79 Å². The Hall–Kier alpha value is -1.66. The normalized spacial score (nSPS) is 26.0. The Labute approximate surface area is 150 Å². The van der Waals surface area contributed by atoms with Crippen LogP contribution in [0.2, 0.25) is 0 Å². The second-order valence-corrected chi connectivity index (χ2v) is 8.04. The van der Waals surface area contributed by atoms with E-state index in [1.54, 1.807) is 0 Å². The average Bonchev–Trinajstić information content (AvgIpc) is 2.97. The minimum atomic E-state index is -0.458. The topological polar surface area (TPSA) is 54.9 Å². The number of hydrogen-bond acceptors (Lipinski definition) is 5. The van der Waals surface area contributed by atoms with E-state index in [0.717, 1.165) is 31.5 Å². The number of hydrogen-bond donors (Lipinski definition) is 0. The number of piperidine rings is 1. The molecule has 1 atom stereocenters. The zero-order valence-corrected chi connectivity index (χ0v) is 15.7. The SMILES string of the molecule is CN1CCC(c2ccccn2)(C2CCN(C(=O)OC(C)(C)C)CC2)O1. The largest absolute Gasteiger partial charge is 0.444 e. The first-order valence-corrected chi connectivity index (χ1v) is 9.10. The predicted molar refractivity (Wildman–Crippen MR) is 94.8 cm³/mol. The maximum Gasteiger partial charge on any atom is 0.410 e. The Balaban J connectivity index is 1.71. The van der Waals surface area contributed by atoms with Gasteiger partial charge in [0.25, 0.3) is 0 Å². The van der Waals surface area contributed by atoms with Crippen molar-refractivity contribution in [2.24, 2.45) is 5.92 Å². The van der Waals surface area contributed by atoms with Gasteiger partial charge in [-0.05, 0) is 58.1 Å². The van der Waals surface area contributed by atoms with Gasteiger partial charge in [-0.1, -0.05) is 6.07 Å². The summed E-state index contributed by atoms with van der Waals surface area (Å²) in [5, 5.41) is 1.91.